The van der Waals surface area contributed by atoms with Gasteiger partial charge in [-0.3, -0.25) is 14.9 Å². The highest BCUT2D eigenvalue weighted by atomic mass is 16.5. The van der Waals surface area contributed by atoms with Crippen molar-refractivity contribution in [1.29, 1.82) is 0 Å². The highest BCUT2D eigenvalue weighted by Crippen LogP contribution is 2.23. The van der Waals surface area contributed by atoms with Gasteiger partial charge in [-0.1, -0.05) is 12.1 Å². The Morgan fingerprint density at radius 1 is 1.21 bits per heavy atom. The molecule has 6 nitrogen and oxygen atoms in total. The molecular formula is C13H11N3O3. The van der Waals surface area contributed by atoms with E-state index in [0.29, 0.717) is 12.3 Å². The molecule has 1 aromatic heterocycles. The number of piperidine rings is 1. The van der Waals surface area contributed by atoms with Crippen molar-refractivity contribution in [2.45, 2.75) is 18.9 Å². The first-order valence-electron chi connectivity index (χ1n) is 5.94. The summed E-state index contributed by atoms with van der Waals surface area (Å²) < 4.78 is 5.61. The fraction of sp³-hybridized carbons (Fsp3) is 0.231. The van der Waals surface area contributed by atoms with Crippen molar-refractivity contribution < 1.29 is 14.3 Å². The molecule has 19 heavy (non-hydrogen) atoms. The van der Waals surface area contributed by atoms with Crippen molar-refractivity contribution in [2.75, 3.05) is 0 Å². The van der Waals surface area contributed by atoms with Crippen LogP contribution in [0.3, 0.4) is 0 Å². The largest absolute Gasteiger partial charge is 0.464 e. The lowest BCUT2D eigenvalue weighted by Crippen LogP contribution is -2.46. The third-order valence-corrected chi connectivity index (χ3v) is 2.95. The van der Waals surface area contributed by atoms with Crippen LogP contribution >= 0.6 is 0 Å². The molecule has 1 unspecified atom stereocenters. The van der Waals surface area contributed by atoms with Gasteiger partial charge in [0.05, 0.1) is 10.9 Å². The minimum absolute atomic E-state index is 0.266. The molecule has 2 aromatic rings. The molecule has 1 aliphatic heterocycles. The number of benzene rings is 1. The molecule has 2 heterocycles. The molecule has 0 saturated carbocycles. The van der Waals surface area contributed by atoms with Gasteiger partial charge in [-0.05, 0) is 12.1 Å². The number of ether oxygens (including phenoxy) is 1. The maximum absolute atomic E-state index is 11.6. The second-order valence-corrected chi connectivity index (χ2v) is 4.25. The highest BCUT2D eigenvalue weighted by molar-refractivity contribution is 6.00. The summed E-state index contributed by atoms with van der Waals surface area (Å²) in [4.78, 5) is 30.9. The van der Waals surface area contributed by atoms with Gasteiger partial charge in [0.15, 0.2) is 6.10 Å². The van der Waals surface area contributed by atoms with Crippen LogP contribution < -0.4 is 10.1 Å². The van der Waals surface area contributed by atoms with Gasteiger partial charge in [-0.25, -0.2) is 9.97 Å². The summed E-state index contributed by atoms with van der Waals surface area (Å²) in [5, 5.41) is 3.00. The molecule has 1 aromatic carbocycles. The highest BCUT2D eigenvalue weighted by Gasteiger charge is 2.28. The fourth-order valence-corrected chi connectivity index (χ4v) is 1.99. The average molecular weight is 257 g/mol. The van der Waals surface area contributed by atoms with Gasteiger partial charge in [0.25, 0.3) is 5.91 Å². The standard InChI is InChI=1S/C13H11N3O3/c17-11-6-5-10(12(18)16-11)19-13-8-3-1-2-4-9(8)14-7-15-13/h1-4,7,10H,5-6H2,(H,16,17,18). The first-order chi connectivity index (χ1) is 9.24. The van der Waals surface area contributed by atoms with E-state index >= 15 is 0 Å². The van der Waals surface area contributed by atoms with Crippen LogP contribution in [-0.4, -0.2) is 27.9 Å². The lowest BCUT2D eigenvalue weighted by atomic mass is 10.1. The minimum Gasteiger partial charge on any atom is -0.464 e. The molecule has 0 radical (unpaired) electrons. The number of imide groups is 1. The number of carbonyl (C=O) groups is 2. The zero-order valence-corrected chi connectivity index (χ0v) is 10.00. The van der Waals surface area contributed by atoms with Crippen molar-refractivity contribution in [3.63, 3.8) is 0 Å². The van der Waals surface area contributed by atoms with Crippen LogP contribution in [0.1, 0.15) is 12.8 Å². The summed E-state index contributed by atoms with van der Waals surface area (Å²) in [6, 6.07) is 7.39. The smallest absolute Gasteiger partial charge is 0.267 e. The number of carbonyl (C=O) groups excluding carboxylic acids is 2. The van der Waals surface area contributed by atoms with Crippen LogP contribution in [0.4, 0.5) is 0 Å². The molecule has 0 aliphatic carbocycles. The maximum Gasteiger partial charge on any atom is 0.267 e. The second-order valence-electron chi connectivity index (χ2n) is 4.25. The molecule has 0 spiro atoms. The molecule has 96 valence electrons. The molecule has 1 aliphatic rings. The quantitative estimate of drug-likeness (QED) is 0.805. The van der Waals surface area contributed by atoms with Gasteiger partial charge in [-0.15, -0.1) is 0 Å². The summed E-state index contributed by atoms with van der Waals surface area (Å²) in [5.41, 5.74) is 0.750. The van der Waals surface area contributed by atoms with E-state index in [0.717, 1.165) is 10.9 Å². The fourth-order valence-electron chi connectivity index (χ4n) is 1.99. The monoisotopic (exact) mass is 257 g/mol. The number of para-hydroxylation sites is 1. The molecule has 0 bridgehead atoms. The minimum atomic E-state index is -0.684. The number of nitrogens with zero attached hydrogens (tertiary/aromatic N) is 2. The van der Waals surface area contributed by atoms with Crippen molar-refractivity contribution in [1.82, 2.24) is 15.3 Å². The Bertz CT molecular complexity index is 651. The lowest BCUT2D eigenvalue weighted by Gasteiger charge is -2.21. The van der Waals surface area contributed by atoms with Crippen LogP contribution in [0.2, 0.25) is 0 Å². The topological polar surface area (TPSA) is 81.2 Å². The molecule has 3 rings (SSSR count). The van der Waals surface area contributed by atoms with Crippen LogP contribution in [-0.2, 0) is 9.59 Å². The Morgan fingerprint density at radius 3 is 2.89 bits per heavy atom. The number of fused-ring (bicyclic) bond motifs is 1. The Hall–Kier alpha value is -2.50. The number of rotatable bonds is 2. The Balaban J connectivity index is 1.89. The van der Waals surface area contributed by atoms with E-state index in [1.54, 1.807) is 0 Å². The summed E-state index contributed by atoms with van der Waals surface area (Å²) >= 11 is 0. The van der Waals surface area contributed by atoms with E-state index in [9.17, 15) is 9.59 Å². The van der Waals surface area contributed by atoms with Gasteiger partial charge < -0.3 is 4.74 Å². The number of hydrogen-bond acceptors (Lipinski definition) is 5. The molecule has 1 N–H and O–H groups in total. The zero-order valence-electron chi connectivity index (χ0n) is 10.00. The Kier molecular flexibility index (Phi) is 2.83. The molecule has 1 fully saturated rings. The number of amides is 2. The molecule has 6 heteroatoms. The predicted molar refractivity (Wildman–Crippen MR) is 66.3 cm³/mol. The summed E-state index contributed by atoms with van der Waals surface area (Å²) in [6.45, 7) is 0. The lowest BCUT2D eigenvalue weighted by molar-refractivity contribution is -0.138. The van der Waals surface area contributed by atoms with Gasteiger partial charge >= 0.3 is 0 Å². The van der Waals surface area contributed by atoms with Gasteiger partial charge in [0, 0.05) is 12.8 Å². The Morgan fingerprint density at radius 2 is 2.05 bits per heavy atom. The first kappa shape index (κ1) is 11.6. The van der Waals surface area contributed by atoms with E-state index < -0.39 is 12.0 Å². The predicted octanol–water partition coefficient (Wildman–Crippen LogP) is 0.814. The van der Waals surface area contributed by atoms with E-state index in [4.69, 9.17) is 4.74 Å². The molecule has 2 amide bonds. The normalized spacial score (nSPS) is 19.3. The van der Waals surface area contributed by atoms with Crippen LogP contribution in [0.5, 0.6) is 5.88 Å². The van der Waals surface area contributed by atoms with Crippen molar-refractivity contribution in [2.24, 2.45) is 0 Å². The van der Waals surface area contributed by atoms with Gasteiger partial charge in [0.1, 0.15) is 6.33 Å². The second kappa shape index (κ2) is 4.64. The van der Waals surface area contributed by atoms with Crippen LogP contribution in [0, 0.1) is 0 Å². The average Bonchev–Trinajstić information content (AvgIpc) is 2.42. The first-order valence-corrected chi connectivity index (χ1v) is 5.94. The third kappa shape index (κ3) is 2.24. The van der Waals surface area contributed by atoms with E-state index in [2.05, 4.69) is 15.3 Å². The van der Waals surface area contributed by atoms with E-state index in [-0.39, 0.29) is 12.3 Å². The molecular weight excluding hydrogens is 246 g/mol. The zero-order chi connectivity index (χ0) is 13.2. The summed E-state index contributed by atoms with van der Waals surface area (Å²) in [7, 11) is 0. The van der Waals surface area contributed by atoms with Crippen molar-refractivity contribution in [3.05, 3.63) is 30.6 Å². The van der Waals surface area contributed by atoms with Crippen molar-refractivity contribution >= 4 is 22.7 Å². The van der Waals surface area contributed by atoms with Crippen LogP contribution in [0.25, 0.3) is 10.9 Å². The Labute approximate surface area is 108 Å². The molecule has 1 saturated heterocycles. The van der Waals surface area contributed by atoms with E-state index in [1.807, 2.05) is 24.3 Å². The van der Waals surface area contributed by atoms with Crippen molar-refractivity contribution in [3.8, 4) is 5.88 Å². The van der Waals surface area contributed by atoms with Crippen LogP contribution in [0.15, 0.2) is 30.6 Å². The van der Waals surface area contributed by atoms with Gasteiger partial charge in [0.2, 0.25) is 11.8 Å². The molecule has 1 atom stereocenters. The van der Waals surface area contributed by atoms with Gasteiger partial charge in [-0.2, -0.15) is 0 Å². The maximum atomic E-state index is 11.6. The number of aromatic nitrogens is 2. The summed E-state index contributed by atoms with van der Waals surface area (Å²) in [6.07, 6.45) is 1.35. The third-order valence-electron chi connectivity index (χ3n) is 2.95. The SMILES string of the molecule is O=C1CCC(Oc2ncnc3ccccc23)C(=O)N1. The number of nitrogens with one attached hydrogen (secondary N) is 1. The number of hydrogen-bond donors (Lipinski definition) is 1. The van der Waals surface area contributed by atoms with E-state index in [1.165, 1.54) is 6.33 Å². The summed E-state index contributed by atoms with van der Waals surface area (Å²) in [5.74, 6) is -0.323.